The largest absolute Gasteiger partial charge is 0.0616 e. The zero-order valence-corrected chi connectivity index (χ0v) is 8.09. The van der Waals surface area contributed by atoms with Gasteiger partial charge in [0.25, 0.3) is 0 Å². The van der Waals surface area contributed by atoms with Gasteiger partial charge in [-0.3, -0.25) is 0 Å². The van der Waals surface area contributed by atoms with Crippen LogP contribution in [0.3, 0.4) is 0 Å². The number of rotatable bonds is 0. The lowest BCUT2D eigenvalue weighted by Crippen LogP contribution is -1.87. The molecule has 0 saturated heterocycles. The summed E-state index contributed by atoms with van der Waals surface area (Å²) in [4.78, 5) is 0. The fourth-order valence-corrected chi connectivity index (χ4v) is 1.68. The van der Waals surface area contributed by atoms with E-state index in [1.165, 1.54) is 21.9 Å². The molecule has 0 nitrogen and oxygen atoms in total. The highest BCUT2D eigenvalue weighted by molar-refractivity contribution is 5.88. The summed E-state index contributed by atoms with van der Waals surface area (Å²) < 4.78 is 0. The Morgan fingerprint density at radius 3 is 2.54 bits per heavy atom. The van der Waals surface area contributed by atoms with Crippen LogP contribution in [0.15, 0.2) is 30.3 Å². The lowest BCUT2D eigenvalue weighted by Gasteiger charge is -2.08. The Morgan fingerprint density at radius 2 is 1.77 bits per heavy atom. The Bertz CT molecular complexity index is 453. The average Bonchev–Trinajstić information content (AvgIpc) is 2.15. The minimum absolute atomic E-state index is 1.16. The summed E-state index contributed by atoms with van der Waals surface area (Å²) in [5, 5.41) is 2.56. The maximum atomic E-state index is 4.11. The van der Waals surface area contributed by atoms with Gasteiger partial charge in [-0.05, 0) is 48.2 Å². The van der Waals surface area contributed by atoms with E-state index in [1.54, 1.807) is 0 Å². The maximum absolute atomic E-state index is 4.11. The van der Waals surface area contributed by atoms with Gasteiger partial charge in [0.1, 0.15) is 0 Å². The molecular formula is C13H13. The lowest BCUT2D eigenvalue weighted by atomic mass is 9.97. The molecule has 0 aromatic heterocycles. The Balaban J connectivity index is 2.94. The molecule has 0 aliphatic rings. The highest BCUT2D eigenvalue weighted by Crippen LogP contribution is 2.23. The van der Waals surface area contributed by atoms with Crippen molar-refractivity contribution in [2.75, 3.05) is 0 Å². The van der Waals surface area contributed by atoms with Crippen LogP contribution in [0.25, 0.3) is 10.8 Å². The SMILES string of the molecule is [CH2]c1c(C)c(C)cc2ccccc12. The zero-order chi connectivity index (χ0) is 9.42. The van der Waals surface area contributed by atoms with Crippen molar-refractivity contribution in [2.45, 2.75) is 13.8 Å². The first-order valence-corrected chi connectivity index (χ1v) is 4.51. The summed E-state index contributed by atoms with van der Waals surface area (Å²) >= 11 is 0. The first-order valence-electron chi connectivity index (χ1n) is 4.51. The van der Waals surface area contributed by atoms with Crippen molar-refractivity contribution in [1.82, 2.24) is 0 Å². The first kappa shape index (κ1) is 8.31. The molecule has 1 radical (unpaired) electrons. The third-order valence-corrected chi connectivity index (χ3v) is 2.70. The van der Waals surface area contributed by atoms with E-state index >= 15 is 0 Å². The van der Waals surface area contributed by atoms with E-state index in [1.807, 2.05) is 0 Å². The Hall–Kier alpha value is -1.30. The lowest BCUT2D eigenvalue weighted by molar-refractivity contribution is 1.34. The molecule has 0 amide bonds. The van der Waals surface area contributed by atoms with Crippen molar-refractivity contribution in [3.05, 3.63) is 53.9 Å². The second-order valence-electron chi connectivity index (χ2n) is 3.52. The molecule has 2 rings (SSSR count). The van der Waals surface area contributed by atoms with Crippen molar-refractivity contribution in [3.63, 3.8) is 0 Å². The summed E-state index contributed by atoms with van der Waals surface area (Å²) in [7, 11) is 0. The molecule has 0 aliphatic heterocycles. The van der Waals surface area contributed by atoms with E-state index in [2.05, 4.69) is 51.1 Å². The number of aryl methyl sites for hydroxylation is 1. The smallest absolute Gasteiger partial charge is 0.0149 e. The molecule has 0 N–H and O–H groups in total. The second kappa shape index (κ2) is 2.88. The molecule has 0 atom stereocenters. The quantitative estimate of drug-likeness (QED) is 0.565. The summed E-state index contributed by atoms with van der Waals surface area (Å²) in [6.45, 7) is 8.37. The van der Waals surface area contributed by atoms with Crippen molar-refractivity contribution in [1.29, 1.82) is 0 Å². The predicted octanol–water partition coefficient (Wildman–Crippen LogP) is 3.64. The van der Waals surface area contributed by atoms with E-state index in [9.17, 15) is 0 Å². The molecule has 0 saturated carbocycles. The van der Waals surface area contributed by atoms with Crippen LogP contribution in [-0.2, 0) is 0 Å². The highest BCUT2D eigenvalue weighted by atomic mass is 14.1. The van der Waals surface area contributed by atoms with Crippen molar-refractivity contribution in [2.24, 2.45) is 0 Å². The standard InChI is InChI=1S/C13H13/c1-9-8-12-6-4-5-7-13(12)11(3)10(9)2/h4-8H,3H2,1-2H3. The number of hydrogen-bond acceptors (Lipinski definition) is 0. The van der Waals surface area contributed by atoms with E-state index in [4.69, 9.17) is 0 Å². The minimum atomic E-state index is 1.16. The van der Waals surface area contributed by atoms with Crippen LogP contribution < -0.4 is 0 Å². The van der Waals surface area contributed by atoms with Gasteiger partial charge in [-0.15, -0.1) is 0 Å². The Labute approximate surface area is 79.2 Å². The summed E-state index contributed by atoms with van der Waals surface area (Å²) in [6.07, 6.45) is 0. The fourth-order valence-electron chi connectivity index (χ4n) is 1.68. The van der Waals surface area contributed by atoms with Crippen LogP contribution in [0, 0.1) is 20.8 Å². The van der Waals surface area contributed by atoms with Gasteiger partial charge in [-0.1, -0.05) is 30.3 Å². The van der Waals surface area contributed by atoms with Crippen LogP contribution >= 0.6 is 0 Å². The normalized spacial score (nSPS) is 10.7. The van der Waals surface area contributed by atoms with E-state index in [0.717, 1.165) is 5.56 Å². The number of fused-ring (bicyclic) bond motifs is 1. The van der Waals surface area contributed by atoms with Crippen molar-refractivity contribution >= 4 is 10.8 Å². The van der Waals surface area contributed by atoms with Crippen LogP contribution in [0.1, 0.15) is 16.7 Å². The molecular weight excluding hydrogens is 156 g/mol. The van der Waals surface area contributed by atoms with Gasteiger partial charge >= 0.3 is 0 Å². The zero-order valence-electron chi connectivity index (χ0n) is 8.09. The van der Waals surface area contributed by atoms with E-state index in [0.29, 0.717) is 0 Å². The fraction of sp³-hybridized carbons (Fsp3) is 0.154. The summed E-state index contributed by atoms with van der Waals surface area (Å²) in [5.74, 6) is 0. The van der Waals surface area contributed by atoms with E-state index < -0.39 is 0 Å². The molecule has 2 aromatic rings. The highest BCUT2D eigenvalue weighted by Gasteiger charge is 2.02. The molecule has 2 aromatic carbocycles. The predicted molar refractivity (Wildman–Crippen MR) is 57.9 cm³/mol. The van der Waals surface area contributed by atoms with Crippen LogP contribution in [-0.4, -0.2) is 0 Å². The van der Waals surface area contributed by atoms with Gasteiger partial charge in [-0.25, -0.2) is 0 Å². The van der Waals surface area contributed by atoms with Crippen molar-refractivity contribution in [3.8, 4) is 0 Å². The topological polar surface area (TPSA) is 0 Å². The molecule has 0 aliphatic carbocycles. The summed E-state index contributed by atoms with van der Waals surface area (Å²) in [6, 6.07) is 10.6. The average molecular weight is 169 g/mol. The number of benzene rings is 2. The van der Waals surface area contributed by atoms with Gasteiger partial charge in [-0.2, -0.15) is 0 Å². The molecule has 0 fully saturated rings. The Kier molecular flexibility index (Phi) is 1.84. The molecule has 0 heterocycles. The van der Waals surface area contributed by atoms with Crippen LogP contribution in [0.2, 0.25) is 0 Å². The van der Waals surface area contributed by atoms with Crippen LogP contribution in [0.5, 0.6) is 0 Å². The second-order valence-corrected chi connectivity index (χ2v) is 3.52. The minimum Gasteiger partial charge on any atom is -0.0616 e. The molecule has 0 heteroatoms. The third-order valence-electron chi connectivity index (χ3n) is 2.70. The van der Waals surface area contributed by atoms with Gasteiger partial charge < -0.3 is 0 Å². The van der Waals surface area contributed by atoms with E-state index in [-0.39, 0.29) is 0 Å². The third kappa shape index (κ3) is 1.23. The Morgan fingerprint density at radius 1 is 1.08 bits per heavy atom. The monoisotopic (exact) mass is 169 g/mol. The van der Waals surface area contributed by atoms with Gasteiger partial charge in [0, 0.05) is 0 Å². The summed E-state index contributed by atoms with van der Waals surface area (Å²) in [5.41, 5.74) is 3.79. The van der Waals surface area contributed by atoms with Gasteiger partial charge in [0.15, 0.2) is 0 Å². The van der Waals surface area contributed by atoms with Crippen molar-refractivity contribution < 1.29 is 0 Å². The van der Waals surface area contributed by atoms with Gasteiger partial charge in [0.05, 0.1) is 0 Å². The molecule has 0 bridgehead atoms. The molecule has 13 heavy (non-hydrogen) atoms. The van der Waals surface area contributed by atoms with Gasteiger partial charge in [0.2, 0.25) is 0 Å². The number of hydrogen-bond donors (Lipinski definition) is 0. The molecule has 65 valence electrons. The molecule has 0 unspecified atom stereocenters. The first-order chi connectivity index (χ1) is 6.20. The maximum Gasteiger partial charge on any atom is -0.0149 e. The molecule has 0 spiro atoms. The van der Waals surface area contributed by atoms with Crippen LogP contribution in [0.4, 0.5) is 0 Å².